The quantitative estimate of drug-likeness (QED) is 0.184. The summed E-state index contributed by atoms with van der Waals surface area (Å²) in [5.41, 5.74) is 1.58. The maximum atomic E-state index is 12.3. The third-order valence-electron chi connectivity index (χ3n) is 4.86. The summed E-state index contributed by atoms with van der Waals surface area (Å²) >= 11 is 1.59. The van der Waals surface area contributed by atoms with Crippen molar-refractivity contribution in [3.63, 3.8) is 0 Å². The Morgan fingerprint density at radius 2 is 2.12 bits per heavy atom. The molecular weight excluding hydrogens is 456 g/mol. The minimum absolute atomic E-state index is 0.193. The lowest BCUT2D eigenvalue weighted by molar-refractivity contribution is -0.116. The van der Waals surface area contributed by atoms with Gasteiger partial charge in [-0.2, -0.15) is 5.10 Å². The molecule has 11 heteroatoms. The molecule has 0 unspecified atom stereocenters. The highest BCUT2D eigenvalue weighted by Gasteiger charge is 2.15. The number of anilines is 1. The lowest BCUT2D eigenvalue weighted by atomic mass is 10.2. The van der Waals surface area contributed by atoms with Gasteiger partial charge in [0.05, 0.1) is 24.7 Å². The van der Waals surface area contributed by atoms with Crippen LogP contribution >= 0.6 is 11.8 Å². The van der Waals surface area contributed by atoms with Crippen LogP contribution in [0.1, 0.15) is 19.4 Å². The number of hydrogen-bond donors (Lipinski definition) is 2. The summed E-state index contributed by atoms with van der Waals surface area (Å²) in [6, 6.07) is 5.54. The molecule has 3 heterocycles. The van der Waals surface area contributed by atoms with Crippen LogP contribution in [0, 0.1) is 0 Å². The topological polar surface area (TPSA) is 112 Å². The summed E-state index contributed by atoms with van der Waals surface area (Å²) in [7, 11) is 1.66. The van der Waals surface area contributed by atoms with E-state index in [1.807, 2.05) is 18.2 Å². The Kier molecular flexibility index (Phi) is 7.86. The van der Waals surface area contributed by atoms with Crippen molar-refractivity contribution in [1.82, 2.24) is 25.1 Å². The molecule has 1 aliphatic heterocycles. The van der Waals surface area contributed by atoms with Gasteiger partial charge in [0, 0.05) is 31.5 Å². The number of rotatable bonds is 11. The highest BCUT2D eigenvalue weighted by atomic mass is 32.2. The maximum absolute atomic E-state index is 12.3. The minimum Gasteiger partial charge on any atom is -0.454 e. The molecule has 10 nitrogen and oxygen atoms in total. The number of nitrogens with one attached hydrogen (secondary N) is 2. The standard InChI is InChI=1S/C23H28N6O4S/c1-15(2)34-23-27-21(25-9-11-31-3)17-13-26-29(22(17)28-23)10-8-24-20(30)7-5-16-4-6-18-19(12-16)33-14-32-18/h4-7,12-13,15H,8-11,14H2,1-3H3,(H,24,30)(H,25,27,28)/b7-5-. The molecule has 0 fully saturated rings. The summed E-state index contributed by atoms with van der Waals surface area (Å²) in [5, 5.41) is 12.5. The summed E-state index contributed by atoms with van der Waals surface area (Å²) in [6.07, 6.45) is 4.98. The van der Waals surface area contributed by atoms with E-state index in [9.17, 15) is 4.79 Å². The van der Waals surface area contributed by atoms with Gasteiger partial charge in [0.25, 0.3) is 0 Å². The Hall–Kier alpha value is -3.31. The largest absolute Gasteiger partial charge is 0.454 e. The van der Waals surface area contributed by atoms with Crippen molar-refractivity contribution in [3.8, 4) is 11.5 Å². The summed E-state index contributed by atoms with van der Waals surface area (Å²) < 4.78 is 17.6. The molecule has 0 atom stereocenters. The number of nitrogens with zero attached hydrogens (tertiary/aromatic N) is 4. The van der Waals surface area contributed by atoms with Crippen LogP contribution in [0.3, 0.4) is 0 Å². The second-order valence-electron chi connectivity index (χ2n) is 7.78. The Morgan fingerprint density at radius 3 is 2.94 bits per heavy atom. The minimum atomic E-state index is -0.193. The SMILES string of the molecule is COCCNc1nc(SC(C)C)nc2c1cnn2CCNC(=O)/C=C\c1ccc2c(c1)OCO2. The van der Waals surface area contributed by atoms with E-state index in [-0.39, 0.29) is 12.7 Å². The van der Waals surface area contributed by atoms with Crippen LogP contribution in [0.5, 0.6) is 11.5 Å². The van der Waals surface area contributed by atoms with E-state index >= 15 is 0 Å². The molecule has 0 radical (unpaired) electrons. The Balaban J connectivity index is 1.39. The van der Waals surface area contributed by atoms with E-state index in [1.165, 1.54) is 6.08 Å². The van der Waals surface area contributed by atoms with Crippen LogP contribution in [0.2, 0.25) is 0 Å². The van der Waals surface area contributed by atoms with Crippen molar-refractivity contribution in [2.75, 3.05) is 38.9 Å². The van der Waals surface area contributed by atoms with Gasteiger partial charge in [0.2, 0.25) is 12.7 Å². The van der Waals surface area contributed by atoms with Crippen LogP contribution in [-0.2, 0) is 16.1 Å². The summed E-state index contributed by atoms with van der Waals surface area (Å²) in [5.74, 6) is 1.93. The third-order valence-corrected chi connectivity index (χ3v) is 5.73. The fourth-order valence-corrected chi connectivity index (χ4v) is 4.01. The molecule has 3 aromatic rings. The summed E-state index contributed by atoms with van der Waals surface area (Å²) in [4.78, 5) is 21.6. The number of ether oxygens (including phenoxy) is 3. The smallest absolute Gasteiger partial charge is 0.244 e. The molecule has 0 saturated heterocycles. The monoisotopic (exact) mass is 484 g/mol. The zero-order valence-electron chi connectivity index (χ0n) is 19.4. The van der Waals surface area contributed by atoms with E-state index < -0.39 is 0 Å². The molecule has 4 rings (SSSR count). The normalized spacial score (nSPS) is 12.7. The number of aromatic nitrogens is 4. The lowest BCUT2D eigenvalue weighted by Crippen LogP contribution is -2.25. The number of amides is 1. The molecule has 2 aromatic heterocycles. The van der Waals surface area contributed by atoms with Gasteiger partial charge in [-0.25, -0.2) is 14.6 Å². The molecule has 180 valence electrons. The first-order chi connectivity index (χ1) is 16.5. The van der Waals surface area contributed by atoms with Gasteiger partial charge >= 0.3 is 0 Å². The number of hydrogen-bond acceptors (Lipinski definition) is 9. The highest BCUT2D eigenvalue weighted by Crippen LogP contribution is 2.32. The van der Waals surface area contributed by atoms with Crippen molar-refractivity contribution in [2.24, 2.45) is 0 Å². The fraction of sp³-hybridized carbons (Fsp3) is 0.391. The van der Waals surface area contributed by atoms with E-state index in [1.54, 1.807) is 35.8 Å². The second kappa shape index (κ2) is 11.2. The number of methoxy groups -OCH3 is 1. The average Bonchev–Trinajstić information content (AvgIpc) is 3.44. The van der Waals surface area contributed by atoms with Crippen LogP contribution in [0.15, 0.2) is 35.6 Å². The van der Waals surface area contributed by atoms with Crippen molar-refractivity contribution >= 4 is 40.6 Å². The van der Waals surface area contributed by atoms with Gasteiger partial charge < -0.3 is 24.8 Å². The van der Waals surface area contributed by atoms with E-state index in [2.05, 4.69) is 34.6 Å². The Morgan fingerprint density at radius 1 is 1.26 bits per heavy atom. The first-order valence-corrected chi connectivity index (χ1v) is 11.9. The van der Waals surface area contributed by atoms with Crippen molar-refractivity contribution in [2.45, 2.75) is 30.8 Å². The Bertz CT molecular complexity index is 1180. The van der Waals surface area contributed by atoms with Gasteiger partial charge in [0.1, 0.15) is 5.82 Å². The predicted molar refractivity (Wildman–Crippen MR) is 131 cm³/mol. The zero-order chi connectivity index (χ0) is 23.9. The molecule has 1 aromatic carbocycles. The molecule has 34 heavy (non-hydrogen) atoms. The third kappa shape index (κ3) is 5.97. The predicted octanol–water partition coefficient (Wildman–Crippen LogP) is 2.94. The van der Waals surface area contributed by atoms with Gasteiger partial charge in [0.15, 0.2) is 22.3 Å². The molecule has 0 saturated carbocycles. The number of thioether (sulfide) groups is 1. The van der Waals surface area contributed by atoms with E-state index in [0.29, 0.717) is 48.1 Å². The van der Waals surface area contributed by atoms with Crippen LogP contribution in [0.25, 0.3) is 17.1 Å². The van der Waals surface area contributed by atoms with E-state index in [4.69, 9.17) is 19.2 Å². The zero-order valence-corrected chi connectivity index (χ0v) is 20.2. The van der Waals surface area contributed by atoms with Crippen LogP contribution in [0.4, 0.5) is 5.82 Å². The summed E-state index contributed by atoms with van der Waals surface area (Å²) in [6.45, 7) is 6.50. The molecule has 2 N–H and O–H groups in total. The van der Waals surface area contributed by atoms with Gasteiger partial charge in [-0.15, -0.1) is 0 Å². The van der Waals surface area contributed by atoms with Crippen molar-refractivity contribution in [3.05, 3.63) is 36.0 Å². The Labute approximate surface area is 202 Å². The van der Waals surface area contributed by atoms with Crippen molar-refractivity contribution in [1.29, 1.82) is 0 Å². The maximum Gasteiger partial charge on any atom is 0.244 e. The highest BCUT2D eigenvalue weighted by molar-refractivity contribution is 7.99. The van der Waals surface area contributed by atoms with Gasteiger partial charge in [-0.3, -0.25) is 4.79 Å². The fourth-order valence-electron chi connectivity index (χ4n) is 3.30. The molecule has 0 bridgehead atoms. The van der Waals surface area contributed by atoms with Crippen LogP contribution in [-0.4, -0.2) is 64.5 Å². The molecule has 1 aliphatic rings. The van der Waals surface area contributed by atoms with Gasteiger partial charge in [-0.1, -0.05) is 31.7 Å². The molecule has 1 amide bonds. The number of carbonyl (C=O) groups is 1. The average molecular weight is 485 g/mol. The van der Waals surface area contributed by atoms with Crippen LogP contribution < -0.4 is 20.1 Å². The van der Waals surface area contributed by atoms with E-state index in [0.717, 1.165) is 22.4 Å². The van der Waals surface area contributed by atoms with Gasteiger partial charge in [-0.05, 0) is 23.8 Å². The first-order valence-electron chi connectivity index (χ1n) is 11.0. The molecule has 0 spiro atoms. The first kappa shape index (κ1) is 23.8. The number of benzene rings is 1. The molecule has 0 aliphatic carbocycles. The second-order valence-corrected chi connectivity index (χ2v) is 9.33. The molecular formula is C23H28N6O4S. The van der Waals surface area contributed by atoms with Crippen molar-refractivity contribution < 1.29 is 19.0 Å². The lowest BCUT2D eigenvalue weighted by Gasteiger charge is -2.10. The number of carbonyl (C=O) groups excluding carboxylic acids is 1. The number of fused-ring (bicyclic) bond motifs is 2.